The van der Waals surface area contributed by atoms with Crippen LogP contribution < -0.4 is 0 Å². The highest BCUT2D eigenvalue weighted by Crippen LogP contribution is 2.31. The normalized spacial score (nSPS) is 20.7. The maximum atomic E-state index is 12.5. The second-order valence-electron chi connectivity index (χ2n) is 6.13. The van der Waals surface area contributed by atoms with Gasteiger partial charge in [-0.2, -0.15) is 0 Å². The summed E-state index contributed by atoms with van der Waals surface area (Å²) in [5.74, 6) is -1.03. The number of carboxylic acid groups (broad SMARTS) is 1. The molecule has 1 aliphatic rings. The van der Waals surface area contributed by atoms with Crippen molar-refractivity contribution in [1.82, 2.24) is 9.88 Å². The molecule has 0 aliphatic carbocycles. The zero-order valence-corrected chi connectivity index (χ0v) is 13.7. The minimum Gasteiger partial charge on any atom is -0.481 e. The summed E-state index contributed by atoms with van der Waals surface area (Å²) in [5, 5.41) is 11.9. The fourth-order valence-corrected chi connectivity index (χ4v) is 3.53. The van der Waals surface area contributed by atoms with Gasteiger partial charge in [0, 0.05) is 24.9 Å². The van der Waals surface area contributed by atoms with Crippen LogP contribution in [0.25, 0.3) is 0 Å². The lowest BCUT2D eigenvalue weighted by molar-refractivity contribution is -0.147. The minimum absolute atomic E-state index is 0.175. The lowest BCUT2D eigenvalue weighted by Gasteiger charge is -2.19. The first-order chi connectivity index (χ1) is 11.0. The van der Waals surface area contributed by atoms with E-state index in [1.807, 2.05) is 30.3 Å². The molecule has 23 heavy (non-hydrogen) atoms. The highest BCUT2D eigenvalue weighted by Gasteiger charge is 2.42. The van der Waals surface area contributed by atoms with Gasteiger partial charge in [-0.1, -0.05) is 30.3 Å². The van der Waals surface area contributed by atoms with Crippen LogP contribution in [-0.4, -0.2) is 40.0 Å². The smallest absolute Gasteiger partial charge is 0.311 e. The van der Waals surface area contributed by atoms with Gasteiger partial charge in [0.15, 0.2) is 0 Å². The van der Waals surface area contributed by atoms with E-state index in [1.165, 1.54) is 11.3 Å². The lowest BCUT2D eigenvalue weighted by atomic mass is 9.90. The molecule has 1 fully saturated rings. The fourth-order valence-electron chi connectivity index (χ4n) is 2.73. The third-order valence-electron chi connectivity index (χ3n) is 4.25. The summed E-state index contributed by atoms with van der Waals surface area (Å²) in [6.45, 7) is 2.39. The number of aliphatic carboxylic acids is 1. The van der Waals surface area contributed by atoms with Gasteiger partial charge in [-0.15, -0.1) is 11.3 Å². The van der Waals surface area contributed by atoms with Crippen molar-refractivity contribution in [3.05, 3.63) is 52.0 Å². The number of rotatable bonds is 4. The van der Waals surface area contributed by atoms with Gasteiger partial charge in [-0.25, -0.2) is 4.98 Å². The Kier molecular flexibility index (Phi) is 4.17. The third-order valence-corrected chi connectivity index (χ3v) is 5.09. The van der Waals surface area contributed by atoms with E-state index in [2.05, 4.69) is 4.98 Å². The molecule has 120 valence electrons. The quantitative estimate of drug-likeness (QED) is 0.935. The van der Waals surface area contributed by atoms with Gasteiger partial charge in [0.1, 0.15) is 5.69 Å². The summed E-state index contributed by atoms with van der Waals surface area (Å²) in [6.07, 6.45) is 1.18. The molecule has 2 aromatic rings. The molecule has 1 saturated heterocycles. The molecular formula is C17H18N2O3S. The summed E-state index contributed by atoms with van der Waals surface area (Å²) < 4.78 is 0. The van der Waals surface area contributed by atoms with Crippen LogP contribution in [0.5, 0.6) is 0 Å². The molecule has 1 N–H and O–H groups in total. The van der Waals surface area contributed by atoms with Crippen molar-refractivity contribution >= 4 is 23.2 Å². The Morgan fingerprint density at radius 3 is 2.74 bits per heavy atom. The number of aromatic nitrogens is 1. The van der Waals surface area contributed by atoms with E-state index in [1.54, 1.807) is 17.2 Å². The van der Waals surface area contributed by atoms with Crippen LogP contribution in [0.3, 0.4) is 0 Å². The summed E-state index contributed by atoms with van der Waals surface area (Å²) in [5.41, 5.74) is 0.717. The van der Waals surface area contributed by atoms with Gasteiger partial charge in [0.25, 0.3) is 5.91 Å². The number of hydrogen-bond acceptors (Lipinski definition) is 4. The molecule has 1 atom stereocenters. The number of benzene rings is 1. The monoisotopic (exact) mass is 330 g/mol. The number of thiazole rings is 1. The summed E-state index contributed by atoms with van der Waals surface area (Å²) in [4.78, 5) is 29.8. The largest absolute Gasteiger partial charge is 0.481 e. The lowest BCUT2D eigenvalue weighted by Crippen LogP contribution is -2.35. The van der Waals surface area contributed by atoms with E-state index in [9.17, 15) is 14.7 Å². The SMILES string of the molecule is C[C@]1(C(=O)O)CCN(C(=O)c2csc(Cc3ccccc3)n2)C1. The van der Waals surface area contributed by atoms with Crippen LogP contribution >= 0.6 is 11.3 Å². The van der Waals surface area contributed by atoms with E-state index >= 15 is 0 Å². The van der Waals surface area contributed by atoms with E-state index in [0.717, 1.165) is 10.6 Å². The van der Waals surface area contributed by atoms with Crippen LogP contribution in [0.15, 0.2) is 35.7 Å². The molecular weight excluding hydrogens is 312 g/mol. The molecule has 0 radical (unpaired) electrons. The van der Waals surface area contributed by atoms with Crippen molar-refractivity contribution in [3.8, 4) is 0 Å². The van der Waals surface area contributed by atoms with Crippen LogP contribution in [0.1, 0.15) is 34.4 Å². The van der Waals surface area contributed by atoms with Crippen molar-refractivity contribution in [2.75, 3.05) is 13.1 Å². The zero-order valence-electron chi connectivity index (χ0n) is 12.9. The number of carbonyl (C=O) groups excluding carboxylic acids is 1. The van der Waals surface area contributed by atoms with Crippen molar-refractivity contribution < 1.29 is 14.7 Å². The average molecular weight is 330 g/mol. The summed E-state index contributed by atoms with van der Waals surface area (Å²) in [7, 11) is 0. The summed E-state index contributed by atoms with van der Waals surface area (Å²) >= 11 is 1.46. The highest BCUT2D eigenvalue weighted by molar-refractivity contribution is 7.09. The van der Waals surface area contributed by atoms with Gasteiger partial charge < -0.3 is 10.0 Å². The Morgan fingerprint density at radius 1 is 1.35 bits per heavy atom. The predicted molar refractivity (Wildman–Crippen MR) is 87.6 cm³/mol. The van der Waals surface area contributed by atoms with E-state index in [-0.39, 0.29) is 12.5 Å². The van der Waals surface area contributed by atoms with Crippen LogP contribution in [0, 0.1) is 5.41 Å². The number of likely N-dealkylation sites (tertiary alicyclic amines) is 1. The first kappa shape index (κ1) is 15.7. The van der Waals surface area contributed by atoms with Crippen molar-refractivity contribution in [1.29, 1.82) is 0 Å². The molecule has 5 nitrogen and oxygen atoms in total. The Bertz CT molecular complexity index is 728. The second-order valence-corrected chi connectivity index (χ2v) is 7.07. The molecule has 0 bridgehead atoms. The predicted octanol–water partition coefficient (Wildman–Crippen LogP) is 2.67. The Hall–Kier alpha value is -2.21. The molecule has 0 unspecified atom stereocenters. The topological polar surface area (TPSA) is 70.5 Å². The van der Waals surface area contributed by atoms with E-state index in [0.29, 0.717) is 25.1 Å². The van der Waals surface area contributed by atoms with Gasteiger partial charge >= 0.3 is 5.97 Å². The summed E-state index contributed by atoms with van der Waals surface area (Å²) in [6, 6.07) is 9.98. The van der Waals surface area contributed by atoms with Crippen molar-refractivity contribution in [2.45, 2.75) is 19.8 Å². The Balaban J connectivity index is 1.69. The number of hydrogen-bond donors (Lipinski definition) is 1. The highest BCUT2D eigenvalue weighted by atomic mass is 32.1. The first-order valence-electron chi connectivity index (χ1n) is 7.49. The molecule has 0 saturated carbocycles. The van der Waals surface area contributed by atoms with Crippen molar-refractivity contribution in [2.24, 2.45) is 5.41 Å². The third kappa shape index (κ3) is 3.27. The Labute approximate surface area is 138 Å². The first-order valence-corrected chi connectivity index (χ1v) is 8.37. The molecule has 3 rings (SSSR count). The molecule has 6 heteroatoms. The van der Waals surface area contributed by atoms with Gasteiger partial charge in [0.05, 0.1) is 10.4 Å². The van der Waals surface area contributed by atoms with E-state index < -0.39 is 11.4 Å². The van der Waals surface area contributed by atoms with Crippen LogP contribution in [0.2, 0.25) is 0 Å². The minimum atomic E-state index is -0.851. The van der Waals surface area contributed by atoms with Gasteiger partial charge in [-0.05, 0) is 18.9 Å². The molecule has 1 aromatic carbocycles. The maximum absolute atomic E-state index is 12.5. The Morgan fingerprint density at radius 2 is 2.09 bits per heavy atom. The number of nitrogens with zero attached hydrogens (tertiary/aromatic N) is 2. The maximum Gasteiger partial charge on any atom is 0.311 e. The average Bonchev–Trinajstić information content (AvgIpc) is 3.15. The zero-order chi connectivity index (χ0) is 16.4. The second kappa shape index (κ2) is 6.12. The van der Waals surface area contributed by atoms with Crippen molar-refractivity contribution in [3.63, 3.8) is 0 Å². The standard InChI is InChI=1S/C17H18N2O3S/c1-17(16(21)22)7-8-19(11-17)15(20)13-10-23-14(18-13)9-12-5-3-2-4-6-12/h2-6,10H,7-9,11H2,1H3,(H,21,22)/t17-/m0/s1. The number of amides is 1. The molecule has 1 aromatic heterocycles. The molecule has 2 heterocycles. The van der Waals surface area contributed by atoms with E-state index in [4.69, 9.17) is 0 Å². The molecule has 0 spiro atoms. The van der Waals surface area contributed by atoms with Crippen LogP contribution in [-0.2, 0) is 11.2 Å². The fraction of sp³-hybridized carbons (Fsp3) is 0.353. The molecule has 1 aliphatic heterocycles. The van der Waals surface area contributed by atoms with Crippen LogP contribution in [0.4, 0.5) is 0 Å². The number of carbonyl (C=O) groups is 2. The number of carboxylic acids is 1. The molecule has 1 amide bonds. The van der Waals surface area contributed by atoms with Gasteiger partial charge in [-0.3, -0.25) is 9.59 Å². The van der Waals surface area contributed by atoms with Gasteiger partial charge in [0.2, 0.25) is 0 Å².